The zero-order valence-corrected chi connectivity index (χ0v) is 29.5. The van der Waals surface area contributed by atoms with Crippen LogP contribution in [0, 0.1) is 0 Å². The van der Waals surface area contributed by atoms with Gasteiger partial charge in [0.2, 0.25) is 5.89 Å². The first-order valence-corrected chi connectivity index (χ1v) is 17.7. The van der Waals surface area contributed by atoms with Crippen molar-refractivity contribution in [3.63, 3.8) is 0 Å². The molecule has 53 heavy (non-hydrogen) atoms. The molecule has 9 rings (SSSR count). The molecule has 0 atom stereocenters. The zero-order valence-electron chi connectivity index (χ0n) is 29.5. The van der Waals surface area contributed by atoms with Crippen molar-refractivity contribution in [1.29, 1.82) is 0 Å². The number of halogens is 3. The van der Waals surface area contributed by atoms with Gasteiger partial charge in [-0.05, 0) is 94.8 Å². The first-order valence-electron chi connectivity index (χ1n) is 17.7. The van der Waals surface area contributed by atoms with Gasteiger partial charge in [0.05, 0.1) is 33.2 Å². The van der Waals surface area contributed by atoms with E-state index in [1.54, 1.807) is 0 Å². The quantitative estimate of drug-likeness (QED) is 0.173. The Hall–Kier alpha value is -6.15. The van der Waals surface area contributed by atoms with Gasteiger partial charge >= 0.3 is 6.18 Å². The number of hydrogen-bond acceptors (Lipinski definition) is 4. The zero-order chi connectivity index (χ0) is 36.6. The van der Waals surface area contributed by atoms with Crippen LogP contribution < -0.4 is 0 Å². The molecule has 0 unspecified atom stereocenters. The molecule has 0 aliphatic carbocycles. The monoisotopic (exact) mass is 705 g/mol. The fourth-order valence-corrected chi connectivity index (χ4v) is 7.42. The highest BCUT2D eigenvalue weighted by Crippen LogP contribution is 2.46. The number of nitrogens with zero attached hydrogens (tertiary/aromatic N) is 3. The Balaban J connectivity index is 1.41. The molecular weight excluding hydrogens is 672 g/mol. The molecule has 9 aromatic rings. The number of hydrogen-bond donors (Lipinski definition) is 0. The molecule has 0 fully saturated rings. The van der Waals surface area contributed by atoms with Gasteiger partial charge in [-0.25, -0.2) is 9.97 Å². The highest BCUT2D eigenvalue weighted by atomic mass is 19.4. The number of rotatable bonds is 6. The first-order chi connectivity index (χ1) is 25.6. The predicted octanol–water partition coefficient (Wildman–Crippen LogP) is 13.3. The van der Waals surface area contributed by atoms with Crippen LogP contribution in [-0.2, 0) is 6.18 Å². The summed E-state index contributed by atoms with van der Waals surface area (Å²) in [4.78, 5) is 10.2. The number of imidazole rings is 1. The molecule has 0 saturated heterocycles. The number of aromatic nitrogens is 3. The van der Waals surface area contributed by atoms with E-state index in [2.05, 4.69) is 62.6 Å². The molecule has 6 aromatic carbocycles. The molecule has 0 amide bonds. The lowest BCUT2D eigenvalue weighted by Crippen LogP contribution is -2.09. The topological polar surface area (TPSA) is 57.0 Å². The molecule has 5 nitrogen and oxygen atoms in total. The molecule has 0 saturated carbocycles. The first kappa shape index (κ1) is 32.7. The standard InChI is InChI=1S/C45H34F3N3O2/c1-25(2)32-21-29(27-13-7-5-8-14-27)22-33(26(3)4)40(32)51-37-18-12-11-17-35(37)49-43(51)34-24-36-42(53-44(50-36)28-15-9-6-10-16-28)39-31-20-19-30(45(46,47)48)23-38(31)52-41(34)39/h5-26H,1-4H3. The van der Waals surface area contributed by atoms with Crippen molar-refractivity contribution in [2.45, 2.75) is 45.7 Å². The second kappa shape index (κ2) is 12.2. The van der Waals surface area contributed by atoms with Crippen molar-refractivity contribution in [2.75, 3.05) is 0 Å². The summed E-state index contributed by atoms with van der Waals surface area (Å²) in [5, 5.41) is 1.04. The summed E-state index contributed by atoms with van der Waals surface area (Å²) in [6, 6.07) is 37.9. The molecule has 0 spiro atoms. The van der Waals surface area contributed by atoms with E-state index in [4.69, 9.17) is 18.8 Å². The maximum atomic E-state index is 14.0. The number of benzene rings is 6. The van der Waals surface area contributed by atoms with Crippen LogP contribution in [0.3, 0.4) is 0 Å². The summed E-state index contributed by atoms with van der Waals surface area (Å²) < 4.78 is 57.0. The fraction of sp³-hybridized carbons (Fsp3) is 0.156. The smallest absolute Gasteiger partial charge is 0.416 e. The lowest BCUT2D eigenvalue weighted by molar-refractivity contribution is -0.137. The Morgan fingerprint density at radius 3 is 1.91 bits per heavy atom. The van der Waals surface area contributed by atoms with Gasteiger partial charge in [0.15, 0.2) is 5.58 Å². The highest BCUT2D eigenvalue weighted by molar-refractivity contribution is 6.20. The summed E-state index contributed by atoms with van der Waals surface area (Å²) in [5.41, 5.74) is 9.26. The molecule has 0 bridgehead atoms. The van der Waals surface area contributed by atoms with Crippen molar-refractivity contribution >= 4 is 44.1 Å². The van der Waals surface area contributed by atoms with E-state index < -0.39 is 11.7 Å². The number of oxazole rings is 1. The molecule has 262 valence electrons. The second-order valence-electron chi connectivity index (χ2n) is 14.1. The Morgan fingerprint density at radius 2 is 1.25 bits per heavy atom. The minimum absolute atomic E-state index is 0.0989. The maximum absolute atomic E-state index is 14.0. The average Bonchev–Trinajstić information content (AvgIpc) is 3.87. The van der Waals surface area contributed by atoms with Crippen LogP contribution in [-0.4, -0.2) is 14.5 Å². The van der Waals surface area contributed by atoms with Crippen molar-refractivity contribution in [2.24, 2.45) is 0 Å². The van der Waals surface area contributed by atoms with Crippen LogP contribution in [0.5, 0.6) is 0 Å². The Morgan fingerprint density at radius 1 is 0.604 bits per heavy atom. The molecule has 3 aromatic heterocycles. The second-order valence-corrected chi connectivity index (χ2v) is 14.1. The Labute approximate surface area is 303 Å². The molecule has 0 aliphatic heterocycles. The summed E-state index contributed by atoms with van der Waals surface area (Å²) in [5.74, 6) is 1.26. The Kier molecular flexibility index (Phi) is 7.55. The average molecular weight is 706 g/mol. The molecule has 8 heteroatoms. The molecule has 0 N–H and O–H groups in total. The lowest BCUT2D eigenvalue weighted by Gasteiger charge is -2.24. The van der Waals surface area contributed by atoms with Gasteiger partial charge in [-0.15, -0.1) is 0 Å². The highest BCUT2D eigenvalue weighted by Gasteiger charge is 2.32. The van der Waals surface area contributed by atoms with Crippen molar-refractivity contribution in [3.05, 3.63) is 138 Å². The van der Waals surface area contributed by atoms with E-state index in [1.807, 2.05) is 72.8 Å². The molecular formula is C45H34F3N3O2. The van der Waals surface area contributed by atoms with E-state index >= 15 is 0 Å². The molecule has 0 radical (unpaired) electrons. The van der Waals surface area contributed by atoms with Gasteiger partial charge in [0.1, 0.15) is 22.5 Å². The largest absolute Gasteiger partial charge is 0.455 e. The third kappa shape index (κ3) is 5.39. The van der Waals surface area contributed by atoms with Crippen LogP contribution >= 0.6 is 0 Å². The minimum Gasteiger partial charge on any atom is -0.455 e. The van der Waals surface area contributed by atoms with E-state index in [0.29, 0.717) is 44.7 Å². The number of para-hydroxylation sites is 2. The maximum Gasteiger partial charge on any atom is 0.416 e. The normalized spacial score (nSPS) is 12.4. The van der Waals surface area contributed by atoms with Gasteiger partial charge in [0, 0.05) is 10.9 Å². The van der Waals surface area contributed by atoms with Gasteiger partial charge in [-0.2, -0.15) is 13.2 Å². The SMILES string of the molecule is CC(C)c1cc(-c2ccccc2)cc(C(C)C)c1-n1c(-c2cc3nc(-c4ccccc4)oc3c3c2oc2cc(C(F)(F)F)ccc23)nc2ccccc21. The van der Waals surface area contributed by atoms with E-state index in [-0.39, 0.29) is 17.4 Å². The van der Waals surface area contributed by atoms with Gasteiger partial charge < -0.3 is 8.83 Å². The molecule has 3 heterocycles. The van der Waals surface area contributed by atoms with Gasteiger partial charge in [0.25, 0.3) is 0 Å². The van der Waals surface area contributed by atoms with E-state index in [9.17, 15) is 13.2 Å². The van der Waals surface area contributed by atoms with Gasteiger partial charge in [-0.1, -0.05) is 88.4 Å². The summed E-state index contributed by atoms with van der Waals surface area (Å²) in [6.45, 7) is 8.77. The predicted molar refractivity (Wildman–Crippen MR) is 205 cm³/mol. The van der Waals surface area contributed by atoms with Gasteiger partial charge in [-0.3, -0.25) is 4.57 Å². The summed E-state index contributed by atoms with van der Waals surface area (Å²) in [7, 11) is 0. The Bertz CT molecular complexity index is 2800. The number of fused-ring (bicyclic) bond motifs is 6. The van der Waals surface area contributed by atoms with Crippen LogP contribution in [0.25, 0.3) is 83.7 Å². The van der Waals surface area contributed by atoms with E-state index in [1.165, 1.54) is 6.07 Å². The van der Waals surface area contributed by atoms with Crippen molar-refractivity contribution in [3.8, 4) is 39.7 Å². The minimum atomic E-state index is -4.54. The third-order valence-electron chi connectivity index (χ3n) is 9.99. The summed E-state index contributed by atoms with van der Waals surface area (Å²) in [6.07, 6.45) is -4.54. The fourth-order valence-electron chi connectivity index (χ4n) is 7.42. The molecule has 0 aliphatic rings. The third-order valence-corrected chi connectivity index (χ3v) is 9.99. The number of furan rings is 1. The van der Waals surface area contributed by atoms with Crippen LogP contribution in [0.4, 0.5) is 13.2 Å². The lowest BCUT2D eigenvalue weighted by atomic mass is 9.88. The van der Waals surface area contributed by atoms with Crippen LogP contribution in [0.1, 0.15) is 56.2 Å². The number of alkyl halides is 3. The van der Waals surface area contributed by atoms with Crippen LogP contribution in [0.15, 0.2) is 130 Å². The van der Waals surface area contributed by atoms with E-state index in [0.717, 1.165) is 56.7 Å². The summed E-state index contributed by atoms with van der Waals surface area (Å²) >= 11 is 0. The van der Waals surface area contributed by atoms with Crippen LogP contribution in [0.2, 0.25) is 0 Å². The van der Waals surface area contributed by atoms with Crippen molar-refractivity contribution < 1.29 is 22.0 Å². The van der Waals surface area contributed by atoms with Crippen molar-refractivity contribution in [1.82, 2.24) is 14.5 Å².